The molecule has 106 valence electrons. The van der Waals surface area contributed by atoms with Gasteiger partial charge in [-0.25, -0.2) is 9.50 Å². The predicted molar refractivity (Wildman–Crippen MR) is 70.0 cm³/mol. The standard InChI is InChI=1S/C12H15N5O3/c1-6-3-7(2)17-11(16-6)8(4-15-17)12(20)14-5-9(18)10(13)19/h3-4,9,18H,5H2,1-2H3,(H2,13,19)(H,14,20). The van der Waals surface area contributed by atoms with Crippen molar-refractivity contribution in [1.29, 1.82) is 0 Å². The molecule has 0 radical (unpaired) electrons. The lowest BCUT2D eigenvalue weighted by molar-refractivity contribution is -0.125. The summed E-state index contributed by atoms with van der Waals surface area (Å²) in [5.74, 6) is -1.37. The summed E-state index contributed by atoms with van der Waals surface area (Å²) in [6.45, 7) is 3.42. The number of hydrogen-bond acceptors (Lipinski definition) is 5. The predicted octanol–water partition coefficient (Wildman–Crippen LogP) is -1.08. The molecule has 2 heterocycles. The van der Waals surface area contributed by atoms with E-state index in [9.17, 15) is 14.7 Å². The normalized spacial score (nSPS) is 12.3. The molecular formula is C12H15N5O3. The van der Waals surface area contributed by atoms with Crippen molar-refractivity contribution >= 4 is 17.5 Å². The van der Waals surface area contributed by atoms with Crippen LogP contribution in [0.1, 0.15) is 21.7 Å². The molecule has 0 aromatic carbocycles. The third-order valence-corrected chi connectivity index (χ3v) is 2.81. The highest BCUT2D eigenvalue weighted by molar-refractivity contribution is 5.99. The van der Waals surface area contributed by atoms with Gasteiger partial charge in [0.25, 0.3) is 5.91 Å². The lowest BCUT2D eigenvalue weighted by Crippen LogP contribution is -2.40. The first kappa shape index (κ1) is 13.9. The molecule has 0 saturated heterocycles. The van der Waals surface area contributed by atoms with E-state index in [0.29, 0.717) is 5.65 Å². The molecule has 0 saturated carbocycles. The van der Waals surface area contributed by atoms with E-state index < -0.39 is 17.9 Å². The minimum absolute atomic E-state index is 0.254. The van der Waals surface area contributed by atoms with Crippen molar-refractivity contribution in [2.24, 2.45) is 5.73 Å². The van der Waals surface area contributed by atoms with Crippen LogP contribution in [0.2, 0.25) is 0 Å². The van der Waals surface area contributed by atoms with Crippen molar-refractivity contribution in [2.75, 3.05) is 6.54 Å². The van der Waals surface area contributed by atoms with Crippen molar-refractivity contribution in [3.63, 3.8) is 0 Å². The largest absolute Gasteiger partial charge is 0.381 e. The number of carbonyl (C=O) groups excluding carboxylic acids is 2. The molecule has 20 heavy (non-hydrogen) atoms. The highest BCUT2D eigenvalue weighted by Gasteiger charge is 2.17. The van der Waals surface area contributed by atoms with Crippen LogP contribution in [0.15, 0.2) is 12.3 Å². The number of nitrogens with two attached hydrogens (primary N) is 1. The highest BCUT2D eigenvalue weighted by atomic mass is 16.3. The SMILES string of the molecule is Cc1cc(C)n2ncc(C(=O)NCC(O)C(N)=O)c2n1. The molecule has 1 atom stereocenters. The number of carbonyl (C=O) groups is 2. The molecule has 2 rings (SSSR count). The molecule has 8 nitrogen and oxygen atoms in total. The smallest absolute Gasteiger partial charge is 0.256 e. The van der Waals surface area contributed by atoms with Gasteiger partial charge in [0.1, 0.15) is 11.7 Å². The Kier molecular flexibility index (Phi) is 3.66. The molecule has 0 spiro atoms. The third kappa shape index (κ3) is 2.59. The first-order valence-corrected chi connectivity index (χ1v) is 5.97. The van der Waals surface area contributed by atoms with Gasteiger partial charge >= 0.3 is 0 Å². The Morgan fingerprint density at radius 3 is 2.85 bits per heavy atom. The van der Waals surface area contributed by atoms with Crippen molar-refractivity contribution in [3.05, 3.63) is 29.2 Å². The van der Waals surface area contributed by atoms with Crippen molar-refractivity contribution < 1.29 is 14.7 Å². The van der Waals surface area contributed by atoms with Crippen molar-refractivity contribution in [3.8, 4) is 0 Å². The van der Waals surface area contributed by atoms with E-state index in [-0.39, 0.29) is 12.1 Å². The van der Waals surface area contributed by atoms with Crippen LogP contribution in [0.4, 0.5) is 0 Å². The van der Waals surface area contributed by atoms with Crippen LogP contribution in [-0.2, 0) is 4.79 Å². The molecule has 0 aliphatic heterocycles. The van der Waals surface area contributed by atoms with Crippen LogP contribution < -0.4 is 11.1 Å². The van der Waals surface area contributed by atoms with Crippen LogP contribution in [0, 0.1) is 13.8 Å². The Labute approximate surface area is 114 Å². The van der Waals surface area contributed by atoms with E-state index in [0.717, 1.165) is 11.4 Å². The number of rotatable bonds is 4. The first-order chi connectivity index (χ1) is 9.40. The Bertz CT molecular complexity index is 679. The zero-order chi connectivity index (χ0) is 14.9. The summed E-state index contributed by atoms with van der Waals surface area (Å²) in [4.78, 5) is 27.0. The number of primary amides is 1. The summed E-state index contributed by atoms with van der Waals surface area (Å²) in [6.07, 6.45) is -0.0296. The topological polar surface area (TPSA) is 123 Å². The van der Waals surface area contributed by atoms with Gasteiger partial charge in [-0.1, -0.05) is 0 Å². The van der Waals surface area contributed by atoms with Crippen LogP contribution >= 0.6 is 0 Å². The lowest BCUT2D eigenvalue weighted by atomic mass is 10.2. The van der Waals surface area contributed by atoms with E-state index in [2.05, 4.69) is 15.4 Å². The van der Waals surface area contributed by atoms with E-state index in [4.69, 9.17) is 5.73 Å². The molecule has 0 aliphatic rings. The number of amides is 2. The zero-order valence-electron chi connectivity index (χ0n) is 11.1. The van der Waals surface area contributed by atoms with Gasteiger partial charge in [-0.2, -0.15) is 5.10 Å². The summed E-state index contributed by atoms with van der Waals surface area (Å²) in [5.41, 5.74) is 7.21. The summed E-state index contributed by atoms with van der Waals surface area (Å²) in [6, 6.07) is 1.85. The lowest BCUT2D eigenvalue weighted by Gasteiger charge is -2.07. The van der Waals surface area contributed by atoms with Crippen LogP contribution in [0.25, 0.3) is 5.65 Å². The van der Waals surface area contributed by atoms with Gasteiger partial charge in [0, 0.05) is 11.4 Å². The molecule has 1 unspecified atom stereocenters. The molecular weight excluding hydrogens is 262 g/mol. The molecule has 2 amide bonds. The first-order valence-electron chi connectivity index (χ1n) is 5.97. The Morgan fingerprint density at radius 2 is 2.20 bits per heavy atom. The summed E-state index contributed by atoms with van der Waals surface area (Å²) in [7, 11) is 0. The molecule has 4 N–H and O–H groups in total. The van der Waals surface area contributed by atoms with Crippen LogP contribution in [0.3, 0.4) is 0 Å². The summed E-state index contributed by atoms with van der Waals surface area (Å²) in [5, 5.41) is 15.7. The molecule has 0 fully saturated rings. The van der Waals surface area contributed by atoms with Gasteiger partial charge in [0.05, 0.1) is 12.7 Å². The Hall–Kier alpha value is -2.48. The van der Waals surface area contributed by atoms with Gasteiger partial charge in [0.15, 0.2) is 5.65 Å². The number of aliphatic hydroxyl groups is 1. The minimum Gasteiger partial charge on any atom is -0.381 e. The number of fused-ring (bicyclic) bond motifs is 1. The quantitative estimate of drug-likeness (QED) is 0.656. The summed E-state index contributed by atoms with van der Waals surface area (Å²) >= 11 is 0. The second-order valence-electron chi connectivity index (χ2n) is 4.46. The maximum atomic E-state index is 12.0. The van der Waals surface area contributed by atoms with E-state index in [1.165, 1.54) is 6.20 Å². The number of hydrogen-bond donors (Lipinski definition) is 3. The number of aromatic nitrogens is 3. The Morgan fingerprint density at radius 1 is 1.50 bits per heavy atom. The fraction of sp³-hybridized carbons (Fsp3) is 0.333. The number of nitrogens with zero attached hydrogens (tertiary/aromatic N) is 3. The monoisotopic (exact) mass is 277 g/mol. The third-order valence-electron chi connectivity index (χ3n) is 2.81. The fourth-order valence-corrected chi connectivity index (χ4v) is 1.82. The van der Waals surface area contributed by atoms with E-state index >= 15 is 0 Å². The average molecular weight is 277 g/mol. The molecule has 0 aliphatic carbocycles. The Balaban J connectivity index is 2.25. The highest BCUT2D eigenvalue weighted by Crippen LogP contribution is 2.11. The van der Waals surface area contributed by atoms with Gasteiger partial charge in [0.2, 0.25) is 5.91 Å². The maximum absolute atomic E-state index is 12.0. The van der Waals surface area contributed by atoms with Crippen molar-refractivity contribution in [2.45, 2.75) is 20.0 Å². The summed E-state index contributed by atoms with van der Waals surface area (Å²) < 4.78 is 1.55. The van der Waals surface area contributed by atoms with E-state index in [1.54, 1.807) is 4.52 Å². The molecule has 0 bridgehead atoms. The zero-order valence-corrected chi connectivity index (χ0v) is 11.1. The molecule has 2 aromatic rings. The van der Waals surface area contributed by atoms with Gasteiger partial charge in [-0.15, -0.1) is 0 Å². The van der Waals surface area contributed by atoms with Crippen LogP contribution in [0.5, 0.6) is 0 Å². The van der Waals surface area contributed by atoms with Crippen LogP contribution in [-0.4, -0.2) is 44.2 Å². The fourth-order valence-electron chi connectivity index (χ4n) is 1.82. The number of nitrogens with one attached hydrogen (secondary N) is 1. The van der Waals surface area contributed by atoms with Gasteiger partial charge in [-0.3, -0.25) is 9.59 Å². The van der Waals surface area contributed by atoms with Gasteiger partial charge in [-0.05, 0) is 19.9 Å². The minimum atomic E-state index is -1.42. The maximum Gasteiger partial charge on any atom is 0.256 e. The number of aryl methyl sites for hydroxylation is 2. The van der Waals surface area contributed by atoms with Gasteiger partial charge < -0.3 is 16.2 Å². The number of aliphatic hydroxyl groups excluding tert-OH is 1. The molecule has 8 heteroatoms. The average Bonchev–Trinajstić information content (AvgIpc) is 2.79. The van der Waals surface area contributed by atoms with E-state index in [1.807, 2.05) is 19.9 Å². The second kappa shape index (κ2) is 5.25. The second-order valence-corrected chi connectivity index (χ2v) is 4.46. The van der Waals surface area contributed by atoms with Crippen molar-refractivity contribution in [1.82, 2.24) is 19.9 Å². The molecule has 2 aromatic heterocycles.